The lowest BCUT2D eigenvalue weighted by molar-refractivity contribution is -0.163. The maximum absolute atomic E-state index is 13.3. The second kappa shape index (κ2) is 7.28. The second-order valence-corrected chi connectivity index (χ2v) is 8.73. The topological polar surface area (TPSA) is 145 Å². The van der Waals surface area contributed by atoms with Crippen LogP contribution in [0.15, 0.2) is 30.3 Å². The van der Waals surface area contributed by atoms with Gasteiger partial charge >= 0.3 is 0 Å². The largest absolute Gasteiger partial charge is 0.507 e. The number of aromatic hydroxyl groups is 3. The Hall–Kier alpha value is -3.46. The van der Waals surface area contributed by atoms with E-state index in [1.807, 2.05) is 6.07 Å². The van der Waals surface area contributed by atoms with Gasteiger partial charge in [0.15, 0.2) is 5.78 Å². The number of hydrogen-bond acceptors (Lipinski definition) is 8. The summed E-state index contributed by atoms with van der Waals surface area (Å²) in [5.41, 5.74) is 0.323. The van der Waals surface area contributed by atoms with Crippen LogP contribution < -0.4 is 0 Å². The van der Waals surface area contributed by atoms with Gasteiger partial charge < -0.3 is 30.3 Å². The molecule has 33 heavy (non-hydrogen) atoms. The van der Waals surface area contributed by atoms with Crippen molar-refractivity contribution in [2.45, 2.75) is 44.7 Å². The Balaban J connectivity index is 1.77. The SMILES string of the molecule is Cc1cc(C2CC(O)C(O)C(C)O2)c2cc3c(c(O)c2c1)C(=O)c1c(O)ccc(O)c1C3=O. The molecule has 170 valence electrons. The van der Waals surface area contributed by atoms with Crippen LogP contribution in [0.4, 0.5) is 0 Å². The predicted molar refractivity (Wildman–Crippen MR) is 117 cm³/mol. The molecule has 0 amide bonds. The zero-order valence-electron chi connectivity index (χ0n) is 17.9. The lowest BCUT2D eigenvalue weighted by Gasteiger charge is -2.36. The summed E-state index contributed by atoms with van der Waals surface area (Å²) in [7, 11) is 0. The number of rotatable bonds is 1. The molecular formula is C25H22O8. The fourth-order valence-electron chi connectivity index (χ4n) is 4.90. The van der Waals surface area contributed by atoms with Gasteiger partial charge in [0, 0.05) is 17.4 Å². The van der Waals surface area contributed by atoms with Crippen molar-refractivity contribution in [1.82, 2.24) is 0 Å². The van der Waals surface area contributed by atoms with E-state index in [2.05, 4.69) is 0 Å². The van der Waals surface area contributed by atoms with Crippen molar-refractivity contribution in [3.8, 4) is 17.2 Å². The molecule has 5 N–H and O–H groups in total. The van der Waals surface area contributed by atoms with Crippen LogP contribution in [0.25, 0.3) is 10.8 Å². The minimum absolute atomic E-state index is 0.103. The first-order valence-corrected chi connectivity index (χ1v) is 10.6. The third kappa shape index (κ3) is 3.02. The summed E-state index contributed by atoms with van der Waals surface area (Å²) < 4.78 is 5.92. The fraction of sp³-hybridized carbons (Fsp3) is 0.280. The lowest BCUT2D eigenvalue weighted by Crippen LogP contribution is -2.43. The molecule has 2 aliphatic rings. The number of aliphatic hydroxyl groups excluding tert-OH is 2. The third-order valence-corrected chi connectivity index (χ3v) is 6.55. The molecule has 1 aliphatic carbocycles. The van der Waals surface area contributed by atoms with Crippen molar-refractivity contribution in [3.05, 3.63) is 63.7 Å². The van der Waals surface area contributed by atoms with Gasteiger partial charge in [-0.3, -0.25) is 9.59 Å². The first-order valence-electron chi connectivity index (χ1n) is 10.6. The smallest absolute Gasteiger partial charge is 0.202 e. The molecule has 3 aromatic carbocycles. The Morgan fingerprint density at radius 3 is 2.15 bits per heavy atom. The van der Waals surface area contributed by atoms with E-state index < -0.39 is 53.2 Å². The lowest BCUT2D eigenvalue weighted by atomic mass is 9.80. The first kappa shape index (κ1) is 21.4. The highest BCUT2D eigenvalue weighted by atomic mass is 16.5. The minimum atomic E-state index is -1.04. The summed E-state index contributed by atoms with van der Waals surface area (Å²) in [6.07, 6.45) is -3.22. The molecule has 5 rings (SSSR count). The number of carbonyl (C=O) groups is 2. The average Bonchev–Trinajstić information content (AvgIpc) is 2.76. The van der Waals surface area contributed by atoms with E-state index in [0.29, 0.717) is 16.3 Å². The maximum Gasteiger partial charge on any atom is 0.202 e. The van der Waals surface area contributed by atoms with Crippen molar-refractivity contribution in [2.75, 3.05) is 0 Å². The van der Waals surface area contributed by atoms with Gasteiger partial charge in [0.25, 0.3) is 0 Å². The number of aliphatic hydroxyl groups is 2. The quantitative estimate of drug-likeness (QED) is 0.278. The standard InChI is InChI=1S/C25H22O8/c1-9-5-12(18-8-17(28)22(29)10(2)33-18)11-7-14-19(23(30)13(11)6-9)25(32)21-16(27)4-3-15(26)20(21)24(14)31/h3-7,10,17-18,22,26-30H,8H2,1-2H3. The molecule has 0 radical (unpaired) electrons. The molecule has 1 fully saturated rings. The van der Waals surface area contributed by atoms with E-state index in [1.54, 1.807) is 19.9 Å². The highest BCUT2D eigenvalue weighted by Gasteiger charge is 2.39. The van der Waals surface area contributed by atoms with Gasteiger partial charge in [-0.2, -0.15) is 0 Å². The van der Waals surface area contributed by atoms with Gasteiger partial charge in [0.05, 0.1) is 35.0 Å². The van der Waals surface area contributed by atoms with Crippen molar-refractivity contribution in [1.29, 1.82) is 0 Å². The summed E-state index contributed by atoms with van der Waals surface area (Å²) in [4.78, 5) is 26.5. The molecule has 1 aliphatic heterocycles. The molecule has 0 saturated carbocycles. The number of carbonyl (C=O) groups excluding carboxylic acids is 2. The Kier molecular flexibility index (Phi) is 4.72. The Bertz CT molecular complexity index is 1350. The first-order chi connectivity index (χ1) is 15.6. The number of fused-ring (bicyclic) bond motifs is 3. The molecule has 8 nitrogen and oxygen atoms in total. The number of hydrogen-bond donors (Lipinski definition) is 5. The molecule has 0 aromatic heterocycles. The van der Waals surface area contributed by atoms with E-state index in [9.17, 15) is 35.1 Å². The molecule has 0 bridgehead atoms. The monoisotopic (exact) mass is 450 g/mol. The van der Waals surface area contributed by atoms with E-state index in [1.165, 1.54) is 6.07 Å². The zero-order chi connectivity index (χ0) is 23.8. The third-order valence-electron chi connectivity index (χ3n) is 6.55. The fourth-order valence-corrected chi connectivity index (χ4v) is 4.90. The van der Waals surface area contributed by atoms with E-state index in [4.69, 9.17) is 4.74 Å². The molecule has 8 heteroatoms. The molecule has 0 spiro atoms. The summed E-state index contributed by atoms with van der Waals surface area (Å²) in [5.74, 6) is -2.80. The highest BCUT2D eigenvalue weighted by Crippen LogP contribution is 2.45. The number of ketones is 2. The Morgan fingerprint density at radius 2 is 1.52 bits per heavy atom. The number of phenols is 3. The highest BCUT2D eigenvalue weighted by molar-refractivity contribution is 6.32. The van der Waals surface area contributed by atoms with E-state index >= 15 is 0 Å². The van der Waals surface area contributed by atoms with Crippen LogP contribution in [-0.4, -0.2) is 55.4 Å². The van der Waals surface area contributed by atoms with Crippen LogP contribution >= 0.6 is 0 Å². The van der Waals surface area contributed by atoms with Crippen molar-refractivity contribution in [3.63, 3.8) is 0 Å². The number of benzene rings is 3. The Labute approximate surface area is 188 Å². The predicted octanol–water partition coefficient (Wildman–Crippen LogP) is 2.61. The summed E-state index contributed by atoms with van der Waals surface area (Å²) in [6, 6.07) is 7.19. The van der Waals surface area contributed by atoms with Crippen molar-refractivity contribution >= 4 is 22.3 Å². The van der Waals surface area contributed by atoms with Crippen LogP contribution in [-0.2, 0) is 4.74 Å². The summed E-state index contributed by atoms with van der Waals surface area (Å²) >= 11 is 0. The molecule has 1 heterocycles. The van der Waals surface area contributed by atoms with Gasteiger partial charge in [0.2, 0.25) is 5.78 Å². The normalized spacial score (nSPS) is 24.6. The van der Waals surface area contributed by atoms with Crippen LogP contribution in [0.1, 0.15) is 62.4 Å². The average molecular weight is 450 g/mol. The number of ether oxygens (including phenoxy) is 1. The minimum Gasteiger partial charge on any atom is -0.507 e. The van der Waals surface area contributed by atoms with Gasteiger partial charge in [-0.15, -0.1) is 0 Å². The van der Waals surface area contributed by atoms with E-state index in [0.717, 1.165) is 17.7 Å². The Morgan fingerprint density at radius 1 is 0.879 bits per heavy atom. The second-order valence-electron chi connectivity index (χ2n) is 8.73. The number of aryl methyl sites for hydroxylation is 1. The summed E-state index contributed by atoms with van der Waals surface area (Å²) in [5, 5.41) is 52.6. The molecule has 1 saturated heterocycles. The van der Waals surface area contributed by atoms with Gasteiger partial charge in [-0.25, -0.2) is 0 Å². The van der Waals surface area contributed by atoms with Crippen molar-refractivity contribution < 1.29 is 39.9 Å². The van der Waals surface area contributed by atoms with Crippen LogP contribution in [0, 0.1) is 6.92 Å². The molecular weight excluding hydrogens is 428 g/mol. The maximum atomic E-state index is 13.3. The van der Waals surface area contributed by atoms with Gasteiger partial charge in [-0.1, -0.05) is 6.07 Å². The van der Waals surface area contributed by atoms with Crippen molar-refractivity contribution in [2.24, 2.45) is 0 Å². The molecule has 3 aromatic rings. The van der Waals surface area contributed by atoms with Crippen LogP contribution in [0.3, 0.4) is 0 Å². The number of phenolic OH excluding ortho intramolecular Hbond substituents is 3. The molecule has 4 atom stereocenters. The van der Waals surface area contributed by atoms with E-state index in [-0.39, 0.29) is 28.7 Å². The molecule has 4 unspecified atom stereocenters. The van der Waals surface area contributed by atoms with Crippen LogP contribution in [0.2, 0.25) is 0 Å². The zero-order valence-corrected chi connectivity index (χ0v) is 17.9. The van der Waals surface area contributed by atoms with Gasteiger partial charge in [-0.05, 0) is 54.6 Å². The summed E-state index contributed by atoms with van der Waals surface area (Å²) in [6.45, 7) is 3.44. The van der Waals surface area contributed by atoms with Gasteiger partial charge in [0.1, 0.15) is 23.4 Å². The van der Waals surface area contributed by atoms with Crippen LogP contribution in [0.5, 0.6) is 17.2 Å².